The van der Waals surface area contributed by atoms with Crippen molar-refractivity contribution in [2.45, 2.75) is 45.3 Å². The second-order valence-corrected chi connectivity index (χ2v) is 8.96. The first kappa shape index (κ1) is 24.9. The molecular weight excluding hydrogens is 456 g/mol. The molecule has 184 valence electrons. The van der Waals surface area contributed by atoms with Gasteiger partial charge < -0.3 is 9.94 Å². The van der Waals surface area contributed by atoms with Crippen LogP contribution < -0.4 is 0 Å². The third-order valence-corrected chi connectivity index (χ3v) is 6.27. The van der Waals surface area contributed by atoms with Crippen LogP contribution in [0.2, 0.25) is 0 Å². The number of rotatable bonds is 9. The number of benzene rings is 3. The first-order valence-electron chi connectivity index (χ1n) is 12.0. The quantitative estimate of drug-likeness (QED) is 0.113. The lowest BCUT2D eigenvalue weighted by Crippen LogP contribution is -2.37. The third kappa shape index (κ3) is 5.05. The highest BCUT2D eigenvalue weighted by molar-refractivity contribution is 6.06. The summed E-state index contributed by atoms with van der Waals surface area (Å²) in [6.07, 6.45) is 2.00. The molecule has 7 nitrogen and oxygen atoms in total. The zero-order valence-electron chi connectivity index (χ0n) is 20.3. The van der Waals surface area contributed by atoms with Gasteiger partial charge in [0.2, 0.25) is 11.5 Å². The molecule has 0 fully saturated rings. The van der Waals surface area contributed by atoms with E-state index in [1.165, 1.54) is 24.3 Å². The summed E-state index contributed by atoms with van der Waals surface area (Å²) in [7, 11) is 0. The van der Waals surface area contributed by atoms with E-state index in [2.05, 4.69) is 6.92 Å². The van der Waals surface area contributed by atoms with E-state index in [1.54, 1.807) is 6.92 Å². The van der Waals surface area contributed by atoms with Crippen LogP contribution in [-0.2, 0) is 4.74 Å². The van der Waals surface area contributed by atoms with Gasteiger partial charge in [0.15, 0.2) is 5.78 Å². The highest BCUT2D eigenvalue weighted by Gasteiger charge is 2.49. The van der Waals surface area contributed by atoms with Gasteiger partial charge in [0.05, 0.1) is 4.92 Å². The molecule has 3 aromatic rings. The van der Waals surface area contributed by atoms with Crippen LogP contribution in [0, 0.1) is 15.3 Å². The molecule has 1 atom stereocenters. The van der Waals surface area contributed by atoms with E-state index in [9.17, 15) is 20.1 Å². The Morgan fingerprint density at radius 1 is 0.917 bits per heavy atom. The van der Waals surface area contributed by atoms with E-state index >= 15 is 0 Å². The fourth-order valence-corrected chi connectivity index (χ4v) is 4.37. The molecule has 0 aliphatic carbocycles. The molecule has 1 aliphatic rings. The third-order valence-electron chi connectivity index (χ3n) is 6.27. The maximum absolute atomic E-state index is 13.7. The van der Waals surface area contributed by atoms with Gasteiger partial charge in [0, 0.05) is 36.6 Å². The molecule has 4 rings (SSSR count). The lowest BCUT2D eigenvalue weighted by Gasteiger charge is -2.22. The maximum atomic E-state index is 13.7. The van der Waals surface area contributed by atoms with Gasteiger partial charge in [-0.05, 0) is 29.7 Å². The fourth-order valence-electron chi connectivity index (χ4n) is 4.37. The summed E-state index contributed by atoms with van der Waals surface area (Å²) in [5.74, 6) is 0.153. The predicted molar refractivity (Wildman–Crippen MR) is 139 cm³/mol. The number of hydrogen-bond acceptors (Lipinski definition) is 5. The van der Waals surface area contributed by atoms with Gasteiger partial charge in [-0.2, -0.15) is 4.74 Å². The van der Waals surface area contributed by atoms with Crippen LogP contribution in [0.4, 0.5) is 5.69 Å². The number of carbonyl (C=O) groups excluding carboxylic acids is 1. The summed E-state index contributed by atoms with van der Waals surface area (Å²) < 4.78 is 7.26. The van der Waals surface area contributed by atoms with Crippen LogP contribution in [0.15, 0.2) is 90.7 Å². The van der Waals surface area contributed by atoms with Crippen LogP contribution in [0.1, 0.15) is 61.0 Å². The largest absolute Gasteiger partial charge is 0.621 e. The minimum absolute atomic E-state index is 0.101. The van der Waals surface area contributed by atoms with Gasteiger partial charge in [-0.25, -0.2) is 0 Å². The molecule has 3 aromatic carbocycles. The minimum Gasteiger partial charge on any atom is -0.621 e. The number of hydrogen-bond donors (Lipinski definition) is 0. The molecule has 0 saturated carbocycles. The summed E-state index contributed by atoms with van der Waals surface area (Å²) in [5.41, 5.74) is 1.87. The van der Waals surface area contributed by atoms with E-state index in [1.807, 2.05) is 60.7 Å². The molecular formula is C29H28N2O5. The van der Waals surface area contributed by atoms with Crippen LogP contribution in [0.25, 0.3) is 5.57 Å². The molecule has 36 heavy (non-hydrogen) atoms. The number of nitrogens with zero attached hydrogens (tertiary/aromatic N) is 2. The first-order valence-corrected chi connectivity index (χ1v) is 12.0. The van der Waals surface area contributed by atoms with Crippen molar-refractivity contribution in [2.24, 2.45) is 0 Å². The zero-order valence-corrected chi connectivity index (χ0v) is 20.3. The fraction of sp³-hybridized carbons (Fsp3) is 0.241. The number of nitro groups is 1. The Morgan fingerprint density at radius 2 is 1.47 bits per heavy atom. The molecule has 1 aliphatic heterocycles. The molecule has 1 unspecified atom stereocenters. The van der Waals surface area contributed by atoms with Crippen molar-refractivity contribution in [3.8, 4) is 0 Å². The van der Waals surface area contributed by atoms with Crippen LogP contribution in [0.5, 0.6) is 0 Å². The molecule has 0 aromatic heterocycles. The van der Waals surface area contributed by atoms with Gasteiger partial charge in [-0.15, -0.1) is 0 Å². The van der Waals surface area contributed by atoms with Crippen molar-refractivity contribution in [2.75, 3.05) is 0 Å². The molecule has 0 saturated heterocycles. The molecule has 0 bridgehead atoms. The molecule has 7 heteroatoms. The SMILES string of the molecule is CCCCC1=[N+]([O-])C(C)(CC(=O)c2ccc([N+](=O)[O-])cc2)OC1=C(c1ccccc1)c1ccccc1. The summed E-state index contributed by atoms with van der Waals surface area (Å²) in [5, 5.41) is 24.7. The van der Waals surface area contributed by atoms with E-state index in [0.29, 0.717) is 17.9 Å². The number of ether oxygens (including phenoxy) is 1. The second kappa shape index (κ2) is 10.6. The highest BCUT2D eigenvalue weighted by Crippen LogP contribution is 2.38. The van der Waals surface area contributed by atoms with E-state index in [4.69, 9.17) is 4.74 Å². The number of Topliss-reactive ketones (excluding diaryl/α,β-unsaturated/α-hetero) is 1. The van der Waals surface area contributed by atoms with Crippen molar-refractivity contribution in [1.82, 2.24) is 0 Å². The Balaban J connectivity index is 1.78. The van der Waals surface area contributed by atoms with Crippen LogP contribution in [-0.4, -0.2) is 26.9 Å². The summed E-state index contributed by atoms with van der Waals surface area (Å²) >= 11 is 0. The Morgan fingerprint density at radius 3 is 1.97 bits per heavy atom. The van der Waals surface area contributed by atoms with E-state index < -0.39 is 10.6 Å². The number of nitro benzene ring substituents is 1. The lowest BCUT2D eigenvalue weighted by molar-refractivity contribution is -0.584. The topological polar surface area (TPSA) is 95.5 Å². The Bertz CT molecular complexity index is 1270. The lowest BCUT2D eigenvalue weighted by atomic mass is 9.94. The predicted octanol–water partition coefficient (Wildman–Crippen LogP) is 6.52. The molecule has 0 N–H and O–H groups in total. The highest BCUT2D eigenvalue weighted by atomic mass is 16.6. The average Bonchev–Trinajstić information content (AvgIpc) is 3.13. The van der Waals surface area contributed by atoms with Crippen LogP contribution >= 0.6 is 0 Å². The number of allylic oxidation sites excluding steroid dienone is 1. The standard InChI is InChI=1S/C29H28N2O5/c1-3-4-15-25-28(27(22-11-7-5-8-12-22)23-13-9-6-10-14-23)36-29(2,30(25)33)20-26(32)21-16-18-24(19-17-21)31(34)35/h5-14,16-19H,3-4,15,20H2,1-2H3. The molecule has 0 amide bonds. The maximum Gasteiger partial charge on any atom is 0.321 e. The van der Waals surface area contributed by atoms with E-state index in [0.717, 1.165) is 34.3 Å². The Kier molecular flexibility index (Phi) is 7.29. The zero-order chi connectivity index (χ0) is 25.7. The smallest absolute Gasteiger partial charge is 0.321 e. The molecule has 0 radical (unpaired) electrons. The van der Waals surface area contributed by atoms with Crippen molar-refractivity contribution >= 4 is 22.8 Å². The summed E-state index contributed by atoms with van der Waals surface area (Å²) in [6.45, 7) is 3.68. The van der Waals surface area contributed by atoms with Gasteiger partial charge in [-0.3, -0.25) is 14.9 Å². The van der Waals surface area contributed by atoms with Crippen LogP contribution in [0.3, 0.4) is 0 Å². The number of ketones is 1. The number of unbranched alkanes of at least 4 members (excludes halogenated alkanes) is 1. The van der Waals surface area contributed by atoms with Crippen molar-refractivity contribution in [3.05, 3.63) is 123 Å². The Hall–Kier alpha value is -4.26. The second-order valence-electron chi connectivity index (χ2n) is 8.96. The van der Waals surface area contributed by atoms with Gasteiger partial charge in [0.1, 0.15) is 6.42 Å². The number of carbonyl (C=O) groups is 1. The van der Waals surface area contributed by atoms with E-state index in [-0.39, 0.29) is 23.5 Å². The van der Waals surface area contributed by atoms with Gasteiger partial charge in [0.25, 0.3) is 5.69 Å². The summed E-state index contributed by atoms with van der Waals surface area (Å²) in [4.78, 5) is 23.6. The molecule has 0 spiro atoms. The summed E-state index contributed by atoms with van der Waals surface area (Å²) in [6, 6.07) is 24.9. The average molecular weight is 485 g/mol. The number of non-ortho nitro benzene ring substituents is 1. The first-order chi connectivity index (χ1) is 17.3. The normalized spacial score (nSPS) is 17.1. The van der Waals surface area contributed by atoms with Gasteiger partial charge in [-0.1, -0.05) is 74.0 Å². The minimum atomic E-state index is -1.45. The van der Waals surface area contributed by atoms with Crippen molar-refractivity contribution in [3.63, 3.8) is 0 Å². The van der Waals surface area contributed by atoms with Gasteiger partial charge >= 0.3 is 5.72 Å². The van der Waals surface area contributed by atoms with Crippen molar-refractivity contribution < 1.29 is 19.2 Å². The monoisotopic (exact) mass is 484 g/mol. The Labute approximate surface area is 210 Å². The molecule has 1 heterocycles. The number of hydroxylamine groups is 1. The van der Waals surface area contributed by atoms with Crippen molar-refractivity contribution in [1.29, 1.82) is 0 Å².